The fourth-order valence-electron chi connectivity index (χ4n) is 3.72. The van der Waals surface area contributed by atoms with Gasteiger partial charge in [0.05, 0.1) is 12.2 Å². The Hall–Kier alpha value is -0.0800. The molecule has 2 rings (SSSR count). The molecule has 88 valence electrons. The summed E-state index contributed by atoms with van der Waals surface area (Å²) < 4.78 is 6.02. The molecule has 1 aliphatic carbocycles. The van der Waals surface area contributed by atoms with Crippen molar-refractivity contribution in [3.8, 4) is 0 Å². The number of hydrogen-bond acceptors (Lipinski definition) is 2. The van der Waals surface area contributed by atoms with E-state index >= 15 is 0 Å². The van der Waals surface area contributed by atoms with E-state index in [1.165, 1.54) is 32.1 Å². The number of ether oxygens (including phenoxy) is 1. The molecule has 2 aliphatic rings. The highest BCUT2D eigenvalue weighted by Crippen LogP contribution is 2.50. The summed E-state index contributed by atoms with van der Waals surface area (Å²) in [4.78, 5) is 2.62. The van der Waals surface area contributed by atoms with Crippen molar-refractivity contribution >= 4 is 0 Å². The molecule has 1 saturated carbocycles. The molecule has 0 radical (unpaired) electrons. The van der Waals surface area contributed by atoms with Gasteiger partial charge in [0.2, 0.25) is 0 Å². The maximum Gasteiger partial charge on any atom is 0.0884 e. The third-order valence-electron chi connectivity index (χ3n) is 4.82. The van der Waals surface area contributed by atoms with Gasteiger partial charge in [0, 0.05) is 12.0 Å². The van der Waals surface area contributed by atoms with Gasteiger partial charge in [-0.05, 0) is 32.9 Å². The van der Waals surface area contributed by atoms with E-state index in [9.17, 15) is 0 Å². The van der Waals surface area contributed by atoms with Gasteiger partial charge in [0.25, 0.3) is 0 Å². The predicted molar refractivity (Wildman–Crippen MR) is 63.1 cm³/mol. The molecule has 1 saturated heterocycles. The van der Waals surface area contributed by atoms with E-state index < -0.39 is 0 Å². The molecule has 1 heterocycles. The Morgan fingerprint density at radius 3 is 2.13 bits per heavy atom. The van der Waals surface area contributed by atoms with E-state index in [2.05, 4.69) is 25.7 Å². The fourth-order valence-corrected chi connectivity index (χ4v) is 3.72. The van der Waals surface area contributed by atoms with E-state index in [0.29, 0.717) is 5.54 Å². The molecule has 1 unspecified atom stereocenters. The van der Waals surface area contributed by atoms with Crippen LogP contribution in [0.1, 0.15) is 52.9 Å². The third-order valence-corrected chi connectivity index (χ3v) is 4.82. The van der Waals surface area contributed by atoms with Crippen LogP contribution in [0.4, 0.5) is 0 Å². The molecule has 1 aliphatic heterocycles. The summed E-state index contributed by atoms with van der Waals surface area (Å²) in [7, 11) is 0. The van der Waals surface area contributed by atoms with Crippen molar-refractivity contribution in [2.45, 2.75) is 64.0 Å². The molecule has 2 fully saturated rings. The van der Waals surface area contributed by atoms with Gasteiger partial charge in [0.15, 0.2) is 0 Å². The number of rotatable bonds is 3. The van der Waals surface area contributed by atoms with E-state index in [1.54, 1.807) is 0 Å². The van der Waals surface area contributed by atoms with Gasteiger partial charge in [-0.15, -0.1) is 0 Å². The van der Waals surface area contributed by atoms with Crippen molar-refractivity contribution < 1.29 is 4.74 Å². The lowest BCUT2D eigenvalue weighted by Gasteiger charge is -2.60. The fraction of sp³-hybridized carbons (Fsp3) is 1.00. The summed E-state index contributed by atoms with van der Waals surface area (Å²) in [6, 6.07) is 0. The Morgan fingerprint density at radius 1 is 1.07 bits per heavy atom. The number of nitrogens with zero attached hydrogens (tertiary/aromatic N) is 1. The average molecular weight is 211 g/mol. The van der Waals surface area contributed by atoms with E-state index in [4.69, 9.17) is 4.74 Å². The van der Waals surface area contributed by atoms with E-state index in [-0.39, 0.29) is 5.60 Å². The molecule has 0 aromatic rings. The number of hydrogen-bond donors (Lipinski definition) is 0. The summed E-state index contributed by atoms with van der Waals surface area (Å²) in [5, 5.41) is 0. The Balaban J connectivity index is 2.21. The Morgan fingerprint density at radius 2 is 1.67 bits per heavy atom. The van der Waals surface area contributed by atoms with Crippen molar-refractivity contribution in [1.29, 1.82) is 0 Å². The minimum atomic E-state index is 0.206. The average Bonchev–Trinajstić information content (AvgIpc) is 2.17. The zero-order valence-corrected chi connectivity index (χ0v) is 10.5. The van der Waals surface area contributed by atoms with Crippen LogP contribution in [-0.2, 0) is 4.74 Å². The monoisotopic (exact) mass is 211 g/mol. The van der Waals surface area contributed by atoms with Gasteiger partial charge in [-0.3, -0.25) is 4.90 Å². The summed E-state index contributed by atoms with van der Waals surface area (Å²) in [5.74, 6) is 0. The van der Waals surface area contributed by atoms with Crippen LogP contribution in [0, 0.1) is 0 Å². The second-order valence-corrected chi connectivity index (χ2v) is 5.25. The lowest BCUT2D eigenvalue weighted by molar-refractivity contribution is -0.238. The van der Waals surface area contributed by atoms with Crippen molar-refractivity contribution in [2.24, 2.45) is 0 Å². The quantitative estimate of drug-likeness (QED) is 0.712. The lowest BCUT2D eigenvalue weighted by Crippen LogP contribution is -2.69. The highest BCUT2D eigenvalue weighted by atomic mass is 16.5. The molecule has 2 atom stereocenters. The normalized spacial score (nSPS) is 40.8. The van der Waals surface area contributed by atoms with Crippen LogP contribution in [-0.4, -0.2) is 35.7 Å². The molecular formula is C13H25NO. The first-order valence-corrected chi connectivity index (χ1v) is 6.57. The van der Waals surface area contributed by atoms with Gasteiger partial charge < -0.3 is 4.74 Å². The van der Waals surface area contributed by atoms with Crippen LogP contribution < -0.4 is 0 Å². The zero-order valence-electron chi connectivity index (χ0n) is 10.5. The van der Waals surface area contributed by atoms with E-state index in [1.807, 2.05) is 0 Å². The minimum absolute atomic E-state index is 0.206. The second kappa shape index (κ2) is 4.06. The van der Waals surface area contributed by atoms with Crippen molar-refractivity contribution in [3.05, 3.63) is 0 Å². The first-order valence-electron chi connectivity index (χ1n) is 6.57. The molecule has 0 bridgehead atoms. The van der Waals surface area contributed by atoms with Gasteiger partial charge in [-0.2, -0.15) is 0 Å². The second-order valence-electron chi connectivity index (χ2n) is 5.25. The van der Waals surface area contributed by atoms with Gasteiger partial charge in [-0.1, -0.05) is 26.7 Å². The smallest absolute Gasteiger partial charge is 0.0884 e. The molecule has 1 spiro atoms. The molecule has 15 heavy (non-hydrogen) atoms. The van der Waals surface area contributed by atoms with Crippen LogP contribution in [0.5, 0.6) is 0 Å². The van der Waals surface area contributed by atoms with E-state index in [0.717, 1.165) is 19.7 Å². The lowest BCUT2D eigenvalue weighted by atomic mass is 9.65. The molecule has 0 aromatic heterocycles. The third kappa shape index (κ3) is 1.53. The molecule has 0 amide bonds. The standard InChI is InChI=1S/C13H25NO/c1-4-14(5-2)12(3)8-6-7-9-13(12)10-11-15-13/h4-11H2,1-3H3/t12-,13?/m0/s1. The number of likely N-dealkylation sites (N-methyl/N-ethyl adjacent to an activating group) is 1. The van der Waals surface area contributed by atoms with Crippen molar-refractivity contribution in [3.63, 3.8) is 0 Å². The topological polar surface area (TPSA) is 12.5 Å². The predicted octanol–water partition coefficient (Wildman–Crippen LogP) is 2.82. The summed E-state index contributed by atoms with van der Waals surface area (Å²) in [5.41, 5.74) is 0.504. The van der Waals surface area contributed by atoms with Crippen molar-refractivity contribution in [1.82, 2.24) is 4.90 Å². The summed E-state index contributed by atoms with van der Waals surface area (Å²) >= 11 is 0. The first-order chi connectivity index (χ1) is 7.18. The van der Waals surface area contributed by atoms with Crippen LogP contribution >= 0.6 is 0 Å². The van der Waals surface area contributed by atoms with Gasteiger partial charge in [0.1, 0.15) is 0 Å². The Labute approximate surface area is 94.0 Å². The van der Waals surface area contributed by atoms with Gasteiger partial charge in [-0.25, -0.2) is 0 Å². The summed E-state index contributed by atoms with van der Waals surface area (Å²) in [6.07, 6.45) is 6.60. The minimum Gasteiger partial charge on any atom is -0.373 e. The SMILES string of the molecule is CCN(CC)[C@@]1(C)CCCCC12CCO2. The van der Waals surface area contributed by atoms with Crippen LogP contribution in [0.25, 0.3) is 0 Å². The zero-order chi connectivity index (χ0) is 10.9. The Bertz CT molecular complexity index is 221. The highest BCUT2D eigenvalue weighted by Gasteiger charge is 2.56. The van der Waals surface area contributed by atoms with Crippen LogP contribution in [0.2, 0.25) is 0 Å². The highest BCUT2D eigenvalue weighted by molar-refractivity contribution is 5.10. The van der Waals surface area contributed by atoms with Crippen molar-refractivity contribution in [2.75, 3.05) is 19.7 Å². The molecule has 0 N–H and O–H groups in total. The van der Waals surface area contributed by atoms with Crippen LogP contribution in [0.15, 0.2) is 0 Å². The molecule has 2 nitrogen and oxygen atoms in total. The Kier molecular flexibility index (Phi) is 3.09. The largest absolute Gasteiger partial charge is 0.373 e. The maximum atomic E-state index is 6.02. The maximum absolute atomic E-state index is 6.02. The van der Waals surface area contributed by atoms with Crippen LogP contribution in [0.3, 0.4) is 0 Å². The molecular weight excluding hydrogens is 186 g/mol. The summed E-state index contributed by atoms with van der Waals surface area (Å²) in [6.45, 7) is 10.3. The molecule has 2 heteroatoms. The first kappa shape index (κ1) is 11.4. The van der Waals surface area contributed by atoms with Gasteiger partial charge >= 0.3 is 0 Å². The molecule has 0 aromatic carbocycles.